The molecule has 20 heavy (non-hydrogen) atoms. The highest BCUT2D eigenvalue weighted by Gasteiger charge is 2.27. The van der Waals surface area contributed by atoms with E-state index in [4.69, 9.17) is 4.98 Å². The normalized spacial score (nSPS) is 19.8. The van der Waals surface area contributed by atoms with Gasteiger partial charge in [0.15, 0.2) is 0 Å². The van der Waals surface area contributed by atoms with Gasteiger partial charge >= 0.3 is 0 Å². The SMILES string of the molecule is CC(=O)N1CCCC(c2nc(C)n3c(C)c(C)sc23)C1. The van der Waals surface area contributed by atoms with Crippen LogP contribution in [-0.4, -0.2) is 33.3 Å². The first kappa shape index (κ1) is 13.6. The second kappa shape index (κ2) is 4.88. The Hall–Kier alpha value is -1.36. The lowest BCUT2D eigenvalue weighted by molar-refractivity contribution is -0.130. The summed E-state index contributed by atoms with van der Waals surface area (Å²) < 4.78 is 2.27. The van der Waals surface area contributed by atoms with E-state index in [1.165, 1.54) is 21.1 Å². The molecule has 1 aliphatic heterocycles. The summed E-state index contributed by atoms with van der Waals surface area (Å²) >= 11 is 1.83. The molecule has 1 amide bonds. The minimum atomic E-state index is 0.181. The molecule has 0 aromatic carbocycles. The predicted molar refractivity (Wildman–Crippen MR) is 81.5 cm³/mol. The lowest BCUT2D eigenvalue weighted by Crippen LogP contribution is -2.37. The van der Waals surface area contributed by atoms with Crippen molar-refractivity contribution in [1.29, 1.82) is 0 Å². The number of carbonyl (C=O) groups excluding carboxylic acids is 1. The molecule has 1 aliphatic rings. The zero-order chi connectivity index (χ0) is 14.4. The number of imidazole rings is 1. The van der Waals surface area contributed by atoms with Gasteiger partial charge in [-0.15, -0.1) is 11.3 Å². The first-order valence-electron chi connectivity index (χ1n) is 7.19. The van der Waals surface area contributed by atoms with Crippen LogP contribution in [0.5, 0.6) is 0 Å². The van der Waals surface area contributed by atoms with Gasteiger partial charge in [0.2, 0.25) is 5.91 Å². The molecule has 4 nitrogen and oxygen atoms in total. The third-order valence-electron chi connectivity index (χ3n) is 4.38. The van der Waals surface area contributed by atoms with Gasteiger partial charge in [0, 0.05) is 36.5 Å². The van der Waals surface area contributed by atoms with Crippen molar-refractivity contribution in [2.24, 2.45) is 0 Å². The fraction of sp³-hybridized carbons (Fsp3) is 0.600. The Labute approximate surface area is 123 Å². The minimum Gasteiger partial charge on any atom is -0.342 e. The molecule has 108 valence electrons. The van der Waals surface area contributed by atoms with Crippen molar-refractivity contribution >= 4 is 22.1 Å². The molecule has 2 aromatic rings. The van der Waals surface area contributed by atoms with E-state index in [0.29, 0.717) is 5.92 Å². The number of hydrogen-bond acceptors (Lipinski definition) is 3. The molecule has 0 radical (unpaired) electrons. The second-order valence-corrected chi connectivity index (χ2v) is 6.94. The van der Waals surface area contributed by atoms with E-state index in [-0.39, 0.29) is 5.91 Å². The van der Waals surface area contributed by atoms with Crippen LogP contribution in [-0.2, 0) is 4.79 Å². The molecule has 2 aromatic heterocycles. The molecule has 1 fully saturated rings. The van der Waals surface area contributed by atoms with Crippen molar-refractivity contribution in [3.8, 4) is 0 Å². The van der Waals surface area contributed by atoms with Gasteiger partial charge in [0.1, 0.15) is 10.7 Å². The van der Waals surface area contributed by atoms with E-state index in [9.17, 15) is 4.79 Å². The second-order valence-electron chi connectivity index (χ2n) is 5.73. The van der Waals surface area contributed by atoms with Gasteiger partial charge in [-0.05, 0) is 33.6 Å². The molecule has 0 spiro atoms. The van der Waals surface area contributed by atoms with E-state index < -0.39 is 0 Å². The van der Waals surface area contributed by atoms with Gasteiger partial charge in [-0.25, -0.2) is 4.98 Å². The van der Waals surface area contributed by atoms with Crippen LogP contribution in [0.3, 0.4) is 0 Å². The standard InChI is InChI=1S/C15H21N3OS/c1-9-10(2)20-15-14(16-11(3)18(9)15)13-6-5-7-17(8-13)12(4)19/h13H,5-8H2,1-4H3. The lowest BCUT2D eigenvalue weighted by Gasteiger charge is -2.31. The van der Waals surface area contributed by atoms with Crippen LogP contribution in [0.2, 0.25) is 0 Å². The number of piperidine rings is 1. The maximum atomic E-state index is 11.6. The van der Waals surface area contributed by atoms with Crippen molar-refractivity contribution in [1.82, 2.24) is 14.3 Å². The third kappa shape index (κ3) is 2.04. The van der Waals surface area contributed by atoms with Crippen molar-refractivity contribution in [3.05, 3.63) is 22.1 Å². The zero-order valence-electron chi connectivity index (χ0n) is 12.6. The molecule has 0 bridgehead atoms. The monoisotopic (exact) mass is 291 g/mol. The molecule has 0 saturated carbocycles. The molecule has 3 rings (SSSR count). The molecule has 1 saturated heterocycles. The van der Waals surface area contributed by atoms with Crippen molar-refractivity contribution in [3.63, 3.8) is 0 Å². The van der Waals surface area contributed by atoms with Gasteiger partial charge in [0.25, 0.3) is 0 Å². The quantitative estimate of drug-likeness (QED) is 0.810. The van der Waals surface area contributed by atoms with Crippen LogP contribution < -0.4 is 0 Å². The summed E-state index contributed by atoms with van der Waals surface area (Å²) in [5, 5.41) is 0. The number of aromatic nitrogens is 2. The largest absolute Gasteiger partial charge is 0.342 e. The summed E-state index contributed by atoms with van der Waals surface area (Å²) in [6.45, 7) is 9.76. The van der Waals surface area contributed by atoms with Crippen molar-refractivity contribution in [2.45, 2.75) is 46.5 Å². The number of likely N-dealkylation sites (tertiary alicyclic amines) is 1. The average Bonchev–Trinajstić information content (AvgIpc) is 2.89. The fourth-order valence-corrected chi connectivity index (χ4v) is 4.36. The van der Waals surface area contributed by atoms with Crippen LogP contribution in [0, 0.1) is 20.8 Å². The molecular formula is C15H21N3OS. The highest BCUT2D eigenvalue weighted by molar-refractivity contribution is 7.17. The summed E-state index contributed by atoms with van der Waals surface area (Å²) in [6, 6.07) is 0. The van der Waals surface area contributed by atoms with Gasteiger partial charge in [-0.1, -0.05) is 0 Å². The van der Waals surface area contributed by atoms with E-state index in [1.54, 1.807) is 6.92 Å². The number of nitrogens with zero attached hydrogens (tertiary/aromatic N) is 3. The van der Waals surface area contributed by atoms with Crippen LogP contribution in [0.4, 0.5) is 0 Å². The number of hydrogen-bond donors (Lipinski definition) is 0. The number of aryl methyl sites for hydroxylation is 3. The topological polar surface area (TPSA) is 37.6 Å². The first-order chi connectivity index (χ1) is 9.49. The molecule has 3 heterocycles. The maximum absolute atomic E-state index is 11.6. The highest BCUT2D eigenvalue weighted by Crippen LogP contribution is 2.34. The highest BCUT2D eigenvalue weighted by atomic mass is 32.1. The van der Waals surface area contributed by atoms with Crippen molar-refractivity contribution < 1.29 is 4.79 Å². The lowest BCUT2D eigenvalue weighted by atomic mass is 9.95. The van der Waals surface area contributed by atoms with Gasteiger partial charge in [0.05, 0.1) is 5.69 Å². The summed E-state index contributed by atoms with van der Waals surface area (Å²) in [5.74, 6) is 1.63. The number of thiazole rings is 1. The predicted octanol–water partition coefficient (Wildman–Crippen LogP) is 3.05. The fourth-order valence-electron chi connectivity index (χ4n) is 3.16. The third-order valence-corrected chi connectivity index (χ3v) is 5.56. The van der Waals surface area contributed by atoms with Gasteiger partial charge < -0.3 is 4.90 Å². The van der Waals surface area contributed by atoms with E-state index in [2.05, 4.69) is 25.2 Å². The molecule has 1 unspecified atom stereocenters. The summed E-state index contributed by atoms with van der Waals surface area (Å²) in [4.78, 5) is 21.0. The summed E-state index contributed by atoms with van der Waals surface area (Å²) in [5.41, 5.74) is 2.48. The number of amides is 1. The number of rotatable bonds is 1. The Morgan fingerprint density at radius 2 is 2.10 bits per heavy atom. The smallest absolute Gasteiger partial charge is 0.219 e. The minimum absolute atomic E-state index is 0.181. The van der Waals surface area contributed by atoms with Gasteiger partial charge in [-0.2, -0.15) is 0 Å². The summed E-state index contributed by atoms with van der Waals surface area (Å²) in [6.07, 6.45) is 2.21. The Morgan fingerprint density at radius 3 is 2.80 bits per heavy atom. The molecule has 0 N–H and O–H groups in total. The number of fused-ring (bicyclic) bond motifs is 1. The Balaban J connectivity index is 2.02. The Kier molecular flexibility index (Phi) is 3.32. The Morgan fingerprint density at radius 1 is 1.35 bits per heavy atom. The van der Waals surface area contributed by atoms with Crippen molar-refractivity contribution in [2.75, 3.05) is 13.1 Å². The number of carbonyl (C=O) groups is 1. The summed E-state index contributed by atoms with van der Waals surface area (Å²) in [7, 11) is 0. The van der Waals surface area contributed by atoms with E-state index in [1.807, 2.05) is 16.2 Å². The molecule has 1 atom stereocenters. The van der Waals surface area contributed by atoms with E-state index >= 15 is 0 Å². The van der Waals surface area contributed by atoms with Crippen LogP contribution in [0.15, 0.2) is 0 Å². The molecule has 5 heteroatoms. The van der Waals surface area contributed by atoms with Crippen LogP contribution in [0.25, 0.3) is 4.83 Å². The molecule has 0 aliphatic carbocycles. The van der Waals surface area contributed by atoms with Crippen LogP contribution in [0.1, 0.15) is 47.8 Å². The average molecular weight is 291 g/mol. The zero-order valence-corrected chi connectivity index (χ0v) is 13.4. The maximum Gasteiger partial charge on any atom is 0.219 e. The first-order valence-corrected chi connectivity index (χ1v) is 8.01. The van der Waals surface area contributed by atoms with E-state index in [0.717, 1.165) is 31.8 Å². The van der Waals surface area contributed by atoms with Gasteiger partial charge in [-0.3, -0.25) is 9.20 Å². The van der Waals surface area contributed by atoms with Crippen LogP contribution >= 0.6 is 11.3 Å². The Bertz CT molecular complexity index is 670. The molecular weight excluding hydrogens is 270 g/mol.